The van der Waals surface area contributed by atoms with Gasteiger partial charge in [-0.15, -0.1) is 11.8 Å². The molecular formula is C13H19NO2S. The Morgan fingerprint density at radius 1 is 1.47 bits per heavy atom. The maximum atomic E-state index is 11.4. The van der Waals surface area contributed by atoms with Crippen LogP contribution in [0.4, 0.5) is 5.69 Å². The molecule has 0 fully saturated rings. The second kappa shape index (κ2) is 6.55. The van der Waals surface area contributed by atoms with Crippen LogP contribution in [0.3, 0.4) is 0 Å². The molecule has 0 bridgehead atoms. The SMILES string of the molecule is COC(=O)c1ccc(N)c(SCCC(C)C)c1. The number of carbonyl (C=O) groups is 1. The number of nitrogen functional groups attached to an aromatic ring is 1. The van der Waals surface area contributed by atoms with Gasteiger partial charge in [0.1, 0.15) is 0 Å². The Kier molecular flexibility index (Phi) is 5.35. The average Bonchev–Trinajstić information content (AvgIpc) is 2.30. The Morgan fingerprint density at radius 2 is 2.18 bits per heavy atom. The maximum Gasteiger partial charge on any atom is 0.337 e. The summed E-state index contributed by atoms with van der Waals surface area (Å²) in [4.78, 5) is 12.3. The molecule has 0 unspecified atom stereocenters. The van der Waals surface area contributed by atoms with Gasteiger partial charge >= 0.3 is 5.97 Å². The van der Waals surface area contributed by atoms with Crippen LogP contribution in [0.5, 0.6) is 0 Å². The van der Waals surface area contributed by atoms with Gasteiger partial charge in [-0.2, -0.15) is 0 Å². The first-order valence-corrected chi connectivity index (χ1v) is 6.63. The minimum absolute atomic E-state index is 0.323. The summed E-state index contributed by atoms with van der Waals surface area (Å²) in [5.41, 5.74) is 7.14. The molecule has 0 aromatic heterocycles. The normalized spacial score (nSPS) is 10.6. The van der Waals surface area contributed by atoms with Crippen molar-refractivity contribution in [1.29, 1.82) is 0 Å². The van der Waals surface area contributed by atoms with Crippen LogP contribution in [0.15, 0.2) is 23.1 Å². The quantitative estimate of drug-likeness (QED) is 0.497. The number of esters is 1. The molecule has 0 aliphatic carbocycles. The van der Waals surface area contributed by atoms with E-state index < -0.39 is 0 Å². The number of thioether (sulfide) groups is 1. The van der Waals surface area contributed by atoms with E-state index in [4.69, 9.17) is 5.73 Å². The Morgan fingerprint density at radius 3 is 2.76 bits per heavy atom. The fourth-order valence-corrected chi connectivity index (χ4v) is 2.56. The standard InChI is InChI=1S/C13H19NO2S/c1-9(2)6-7-17-12-8-10(13(15)16-3)4-5-11(12)14/h4-5,8-9H,6-7,14H2,1-3H3. The van der Waals surface area contributed by atoms with E-state index in [2.05, 4.69) is 18.6 Å². The molecular weight excluding hydrogens is 234 g/mol. The first-order chi connectivity index (χ1) is 8.04. The first kappa shape index (κ1) is 13.9. The van der Waals surface area contributed by atoms with Crippen molar-refractivity contribution in [3.8, 4) is 0 Å². The number of nitrogens with two attached hydrogens (primary N) is 1. The number of rotatable bonds is 5. The molecule has 0 saturated heterocycles. The lowest BCUT2D eigenvalue weighted by Crippen LogP contribution is -2.02. The predicted octanol–water partition coefficient (Wildman–Crippen LogP) is 3.19. The number of hydrogen-bond acceptors (Lipinski definition) is 4. The highest BCUT2D eigenvalue weighted by Crippen LogP contribution is 2.27. The van der Waals surface area contributed by atoms with E-state index in [0.717, 1.165) is 17.1 Å². The highest BCUT2D eigenvalue weighted by molar-refractivity contribution is 7.99. The number of anilines is 1. The zero-order valence-corrected chi connectivity index (χ0v) is 11.3. The molecule has 2 N–H and O–H groups in total. The number of methoxy groups -OCH3 is 1. The summed E-state index contributed by atoms with van der Waals surface area (Å²) in [5, 5.41) is 0. The first-order valence-electron chi connectivity index (χ1n) is 5.65. The van der Waals surface area contributed by atoms with Gasteiger partial charge in [-0.05, 0) is 36.3 Å². The zero-order valence-electron chi connectivity index (χ0n) is 10.5. The second-order valence-corrected chi connectivity index (χ2v) is 5.41. The highest BCUT2D eigenvalue weighted by atomic mass is 32.2. The van der Waals surface area contributed by atoms with E-state index in [1.54, 1.807) is 30.0 Å². The summed E-state index contributed by atoms with van der Waals surface area (Å²) in [5.74, 6) is 1.36. The molecule has 0 heterocycles. The molecule has 1 rings (SSSR count). The van der Waals surface area contributed by atoms with Gasteiger partial charge in [-0.25, -0.2) is 4.79 Å². The third-order valence-electron chi connectivity index (χ3n) is 2.39. The molecule has 3 nitrogen and oxygen atoms in total. The van der Waals surface area contributed by atoms with Crippen LogP contribution in [0.1, 0.15) is 30.6 Å². The van der Waals surface area contributed by atoms with Crippen LogP contribution < -0.4 is 5.73 Å². The third-order valence-corrected chi connectivity index (χ3v) is 3.49. The molecule has 0 radical (unpaired) electrons. The topological polar surface area (TPSA) is 52.3 Å². The molecule has 0 spiro atoms. The van der Waals surface area contributed by atoms with Crippen molar-refractivity contribution >= 4 is 23.4 Å². The van der Waals surface area contributed by atoms with E-state index in [9.17, 15) is 4.79 Å². The monoisotopic (exact) mass is 253 g/mol. The Hall–Kier alpha value is -1.16. The fraction of sp³-hybridized carbons (Fsp3) is 0.462. The molecule has 1 aromatic rings. The minimum Gasteiger partial charge on any atom is -0.465 e. The van der Waals surface area contributed by atoms with Crippen molar-refractivity contribution in [2.24, 2.45) is 5.92 Å². The van der Waals surface area contributed by atoms with Crippen LogP contribution in [0, 0.1) is 5.92 Å². The summed E-state index contributed by atoms with van der Waals surface area (Å²) in [6, 6.07) is 5.24. The minimum atomic E-state index is -0.323. The van der Waals surface area contributed by atoms with Crippen molar-refractivity contribution in [3.05, 3.63) is 23.8 Å². The van der Waals surface area contributed by atoms with Crippen molar-refractivity contribution in [3.63, 3.8) is 0 Å². The zero-order chi connectivity index (χ0) is 12.8. The van der Waals surface area contributed by atoms with E-state index in [0.29, 0.717) is 17.2 Å². The Bertz CT molecular complexity index is 391. The van der Waals surface area contributed by atoms with Crippen molar-refractivity contribution in [2.45, 2.75) is 25.2 Å². The molecule has 4 heteroatoms. The van der Waals surface area contributed by atoms with E-state index in [1.807, 2.05) is 0 Å². The van der Waals surface area contributed by atoms with Gasteiger partial charge in [0.25, 0.3) is 0 Å². The molecule has 0 aliphatic rings. The number of carbonyl (C=O) groups excluding carboxylic acids is 1. The molecule has 1 aromatic carbocycles. The van der Waals surface area contributed by atoms with Crippen LogP contribution in [0.2, 0.25) is 0 Å². The van der Waals surface area contributed by atoms with Crippen LogP contribution in [0.25, 0.3) is 0 Å². The lowest BCUT2D eigenvalue weighted by Gasteiger charge is -2.08. The summed E-state index contributed by atoms with van der Waals surface area (Å²) >= 11 is 1.68. The smallest absolute Gasteiger partial charge is 0.337 e. The lowest BCUT2D eigenvalue weighted by molar-refractivity contribution is 0.0600. The van der Waals surface area contributed by atoms with Crippen LogP contribution >= 0.6 is 11.8 Å². The molecule has 94 valence electrons. The van der Waals surface area contributed by atoms with Gasteiger partial charge in [-0.1, -0.05) is 13.8 Å². The third kappa shape index (κ3) is 4.30. The van der Waals surface area contributed by atoms with E-state index in [1.165, 1.54) is 7.11 Å². The van der Waals surface area contributed by atoms with Gasteiger partial charge in [0.05, 0.1) is 12.7 Å². The fourth-order valence-electron chi connectivity index (χ4n) is 1.31. The van der Waals surface area contributed by atoms with Gasteiger partial charge < -0.3 is 10.5 Å². The maximum absolute atomic E-state index is 11.4. The summed E-state index contributed by atoms with van der Waals surface area (Å²) in [6.07, 6.45) is 1.13. The number of ether oxygens (including phenoxy) is 1. The van der Waals surface area contributed by atoms with Gasteiger partial charge in [0.15, 0.2) is 0 Å². The summed E-state index contributed by atoms with van der Waals surface area (Å²) in [7, 11) is 1.38. The van der Waals surface area contributed by atoms with Crippen molar-refractivity contribution in [2.75, 3.05) is 18.6 Å². The van der Waals surface area contributed by atoms with E-state index in [-0.39, 0.29) is 5.97 Å². The molecule has 0 aliphatic heterocycles. The average molecular weight is 253 g/mol. The van der Waals surface area contributed by atoms with Crippen molar-refractivity contribution in [1.82, 2.24) is 0 Å². The summed E-state index contributed by atoms with van der Waals surface area (Å²) < 4.78 is 4.68. The van der Waals surface area contributed by atoms with Gasteiger partial charge in [-0.3, -0.25) is 0 Å². The summed E-state index contributed by atoms with van der Waals surface area (Å²) in [6.45, 7) is 4.38. The van der Waals surface area contributed by atoms with Gasteiger partial charge in [0, 0.05) is 10.6 Å². The predicted molar refractivity (Wildman–Crippen MR) is 72.4 cm³/mol. The molecule has 0 atom stereocenters. The number of benzene rings is 1. The highest BCUT2D eigenvalue weighted by Gasteiger charge is 2.08. The van der Waals surface area contributed by atoms with Crippen LogP contribution in [-0.4, -0.2) is 18.8 Å². The van der Waals surface area contributed by atoms with Gasteiger partial charge in [0.2, 0.25) is 0 Å². The molecule has 0 amide bonds. The van der Waals surface area contributed by atoms with Crippen molar-refractivity contribution < 1.29 is 9.53 Å². The second-order valence-electron chi connectivity index (χ2n) is 4.28. The van der Waals surface area contributed by atoms with E-state index >= 15 is 0 Å². The Balaban J connectivity index is 2.73. The van der Waals surface area contributed by atoms with Crippen LogP contribution in [-0.2, 0) is 4.74 Å². The Labute approximate surface area is 107 Å². The lowest BCUT2D eigenvalue weighted by atomic mass is 10.2. The number of hydrogen-bond donors (Lipinski definition) is 1. The molecule has 17 heavy (non-hydrogen) atoms. The largest absolute Gasteiger partial charge is 0.465 e. The molecule has 0 saturated carbocycles.